The summed E-state index contributed by atoms with van der Waals surface area (Å²) in [5.74, 6) is -0.932. The molecule has 16 heavy (non-hydrogen) atoms. The molecule has 0 aliphatic carbocycles. The molecule has 0 unspecified atom stereocenters. The first kappa shape index (κ1) is 12.5. The van der Waals surface area contributed by atoms with Crippen molar-refractivity contribution < 1.29 is 14.3 Å². The molecule has 1 amide bonds. The van der Waals surface area contributed by atoms with E-state index >= 15 is 0 Å². The van der Waals surface area contributed by atoms with Crippen molar-refractivity contribution in [1.29, 1.82) is 0 Å². The highest BCUT2D eigenvalue weighted by Gasteiger charge is 2.11. The Kier molecular flexibility index (Phi) is 4.78. The molecule has 6 heteroatoms. The van der Waals surface area contributed by atoms with E-state index in [2.05, 4.69) is 32.8 Å². The highest BCUT2D eigenvalue weighted by Crippen LogP contribution is 2.11. The Labute approximate surface area is 101 Å². The van der Waals surface area contributed by atoms with Gasteiger partial charge in [-0.05, 0) is 22.0 Å². The number of ether oxygens (including phenoxy) is 1. The molecule has 1 rings (SSSR count). The smallest absolute Gasteiger partial charge is 0.355 e. The van der Waals surface area contributed by atoms with Crippen LogP contribution in [0.5, 0.6) is 0 Å². The second kappa shape index (κ2) is 6.12. The number of carbonyl (C=O) groups is 2. The van der Waals surface area contributed by atoms with Crippen LogP contribution >= 0.6 is 15.9 Å². The van der Waals surface area contributed by atoms with Gasteiger partial charge in [0.25, 0.3) is 5.91 Å². The van der Waals surface area contributed by atoms with E-state index in [-0.39, 0.29) is 12.5 Å². The minimum Gasteiger partial charge on any atom is -0.451 e. The lowest BCUT2D eigenvalue weighted by molar-refractivity contribution is -0.124. The molecule has 1 aromatic heterocycles. The molecule has 1 aromatic rings. The van der Waals surface area contributed by atoms with Gasteiger partial charge in [-0.1, -0.05) is 6.08 Å². The van der Waals surface area contributed by atoms with Gasteiger partial charge >= 0.3 is 5.97 Å². The van der Waals surface area contributed by atoms with Gasteiger partial charge in [-0.2, -0.15) is 0 Å². The molecule has 86 valence electrons. The highest BCUT2D eigenvalue weighted by atomic mass is 79.9. The summed E-state index contributed by atoms with van der Waals surface area (Å²) in [5, 5.41) is 2.49. The Morgan fingerprint density at radius 1 is 1.62 bits per heavy atom. The lowest BCUT2D eigenvalue weighted by Crippen LogP contribution is -2.28. The van der Waals surface area contributed by atoms with Crippen LogP contribution in [0.3, 0.4) is 0 Å². The van der Waals surface area contributed by atoms with Gasteiger partial charge in [0.15, 0.2) is 6.61 Å². The Hall–Kier alpha value is -1.56. The number of nitrogens with one attached hydrogen (secondary N) is 2. The number of esters is 1. The Bertz CT molecular complexity index is 401. The standard InChI is InChI=1S/C10H11BrN2O3/c1-2-3-12-9(14)6-16-10(15)8-4-7(11)5-13-8/h2,4-5,13H,1,3,6H2,(H,12,14). The van der Waals surface area contributed by atoms with Crippen molar-refractivity contribution >= 4 is 27.8 Å². The van der Waals surface area contributed by atoms with Crippen LogP contribution in [0.15, 0.2) is 29.4 Å². The fourth-order valence-corrected chi connectivity index (χ4v) is 1.28. The van der Waals surface area contributed by atoms with Crippen molar-refractivity contribution in [3.8, 4) is 0 Å². The third kappa shape index (κ3) is 3.90. The van der Waals surface area contributed by atoms with Crippen molar-refractivity contribution in [2.45, 2.75) is 0 Å². The van der Waals surface area contributed by atoms with Gasteiger partial charge in [-0.3, -0.25) is 4.79 Å². The van der Waals surface area contributed by atoms with Crippen molar-refractivity contribution in [2.75, 3.05) is 13.2 Å². The average molecular weight is 287 g/mol. The molecule has 5 nitrogen and oxygen atoms in total. The van der Waals surface area contributed by atoms with Gasteiger partial charge in [-0.15, -0.1) is 6.58 Å². The topological polar surface area (TPSA) is 71.2 Å². The van der Waals surface area contributed by atoms with Gasteiger partial charge in [0.1, 0.15) is 5.69 Å². The summed E-state index contributed by atoms with van der Waals surface area (Å²) in [6, 6.07) is 1.57. The van der Waals surface area contributed by atoms with Gasteiger partial charge < -0.3 is 15.0 Å². The van der Waals surface area contributed by atoms with E-state index in [1.54, 1.807) is 18.3 Å². The summed E-state index contributed by atoms with van der Waals surface area (Å²) in [5.41, 5.74) is 0.295. The molecule has 0 bridgehead atoms. The minimum atomic E-state index is -0.570. The molecule has 0 saturated heterocycles. The lowest BCUT2D eigenvalue weighted by atomic mass is 10.4. The van der Waals surface area contributed by atoms with E-state index in [9.17, 15) is 9.59 Å². The molecular formula is C10H11BrN2O3. The fourth-order valence-electron chi connectivity index (χ4n) is 0.932. The third-order valence-corrected chi connectivity index (χ3v) is 2.10. The predicted molar refractivity (Wildman–Crippen MR) is 62.0 cm³/mol. The number of H-pyrrole nitrogens is 1. The number of hydrogen-bond donors (Lipinski definition) is 2. The number of rotatable bonds is 5. The third-order valence-electron chi connectivity index (χ3n) is 1.65. The van der Waals surface area contributed by atoms with E-state index in [0.717, 1.165) is 4.47 Å². The zero-order valence-corrected chi connectivity index (χ0v) is 10.0. The molecule has 0 aromatic carbocycles. The zero-order chi connectivity index (χ0) is 12.0. The van der Waals surface area contributed by atoms with Crippen LogP contribution in [0.2, 0.25) is 0 Å². The van der Waals surface area contributed by atoms with Gasteiger partial charge in [0, 0.05) is 17.2 Å². The Balaban J connectivity index is 2.35. The molecule has 0 fully saturated rings. The summed E-state index contributed by atoms with van der Waals surface area (Å²) < 4.78 is 5.51. The summed E-state index contributed by atoms with van der Waals surface area (Å²) in [7, 11) is 0. The molecule has 0 spiro atoms. The number of amides is 1. The largest absolute Gasteiger partial charge is 0.451 e. The quantitative estimate of drug-likeness (QED) is 0.632. The zero-order valence-electron chi connectivity index (χ0n) is 8.46. The van der Waals surface area contributed by atoms with Gasteiger partial charge in [0.05, 0.1) is 0 Å². The predicted octanol–water partition coefficient (Wildman–Crippen LogP) is 1.24. The minimum absolute atomic E-state index is 0.295. The number of carbonyl (C=O) groups excluding carboxylic acids is 2. The van der Waals surface area contributed by atoms with E-state index in [1.807, 2.05) is 0 Å². The van der Waals surface area contributed by atoms with Crippen LogP contribution in [0, 0.1) is 0 Å². The fraction of sp³-hybridized carbons (Fsp3) is 0.200. The molecular weight excluding hydrogens is 276 g/mol. The van der Waals surface area contributed by atoms with Crippen LogP contribution in [-0.2, 0) is 9.53 Å². The average Bonchev–Trinajstić information content (AvgIpc) is 2.69. The molecule has 0 aliphatic rings. The first-order valence-corrected chi connectivity index (χ1v) is 5.31. The van der Waals surface area contributed by atoms with Crippen LogP contribution < -0.4 is 5.32 Å². The number of aromatic nitrogens is 1. The molecule has 0 aliphatic heterocycles. The maximum absolute atomic E-state index is 11.4. The normalized spacial score (nSPS) is 9.56. The summed E-state index contributed by atoms with van der Waals surface area (Å²) in [6.07, 6.45) is 3.15. The lowest BCUT2D eigenvalue weighted by Gasteiger charge is -2.03. The monoisotopic (exact) mass is 286 g/mol. The maximum Gasteiger partial charge on any atom is 0.355 e. The first-order chi connectivity index (χ1) is 7.63. The first-order valence-electron chi connectivity index (χ1n) is 4.52. The Morgan fingerprint density at radius 2 is 2.38 bits per heavy atom. The van der Waals surface area contributed by atoms with Crippen molar-refractivity contribution in [2.24, 2.45) is 0 Å². The number of halogens is 1. The van der Waals surface area contributed by atoms with E-state index < -0.39 is 5.97 Å². The van der Waals surface area contributed by atoms with Gasteiger partial charge in [-0.25, -0.2) is 4.79 Å². The maximum atomic E-state index is 11.4. The Morgan fingerprint density at radius 3 is 2.94 bits per heavy atom. The van der Waals surface area contributed by atoms with Crippen LogP contribution in [0.4, 0.5) is 0 Å². The molecule has 2 N–H and O–H groups in total. The molecule has 1 heterocycles. The summed E-state index contributed by atoms with van der Waals surface area (Å²) >= 11 is 3.19. The second-order valence-electron chi connectivity index (χ2n) is 2.90. The van der Waals surface area contributed by atoms with Gasteiger partial charge in [0.2, 0.25) is 0 Å². The van der Waals surface area contributed by atoms with Crippen molar-refractivity contribution in [1.82, 2.24) is 10.3 Å². The van der Waals surface area contributed by atoms with E-state index in [0.29, 0.717) is 12.2 Å². The molecule has 0 atom stereocenters. The van der Waals surface area contributed by atoms with E-state index in [1.165, 1.54) is 0 Å². The highest BCUT2D eigenvalue weighted by molar-refractivity contribution is 9.10. The van der Waals surface area contributed by atoms with Crippen LogP contribution in [0.1, 0.15) is 10.5 Å². The second-order valence-corrected chi connectivity index (χ2v) is 3.82. The number of hydrogen-bond acceptors (Lipinski definition) is 3. The van der Waals surface area contributed by atoms with E-state index in [4.69, 9.17) is 4.74 Å². The van der Waals surface area contributed by atoms with Crippen LogP contribution in [0.25, 0.3) is 0 Å². The van der Waals surface area contributed by atoms with Crippen molar-refractivity contribution in [3.05, 3.63) is 35.1 Å². The molecule has 0 radical (unpaired) electrons. The number of aromatic amines is 1. The van der Waals surface area contributed by atoms with Crippen molar-refractivity contribution in [3.63, 3.8) is 0 Å². The van der Waals surface area contributed by atoms with Crippen LogP contribution in [-0.4, -0.2) is 30.0 Å². The molecule has 0 saturated carbocycles. The summed E-state index contributed by atoms with van der Waals surface area (Å²) in [4.78, 5) is 25.2. The summed E-state index contributed by atoms with van der Waals surface area (Å²) in [6.45, 7) is 3.49. The SMILES string of the molecule is C=CCNC(=O)COC(=O)c1cc(Br)c[nH]1.